The topological polar surface area (TPSA) is 56.1 Å². The minimum atomic E-state index is -0.875. The lowest BCUT2D eigenvalue weighted by molar-refractivity contribution is -0.112. The first-order chi connectivity index (χ1) is 10.8. The van der Waals surface area contributed by atoms with E-state index in [1.54, 1.807) is 6.21 Å². The van der Waals surface area contributed by atoms with E-state index in [9.17, 15) is 18.7 Å². The van der Waals surface area contributed by atoms with Gasteiger partial charge >= 0.3 is 6.03 Å². The molecule has 2 aliphatic rings. The van der Waals surface area contributed by atoms with Crippen molar-refractivity contribution in [1.29, 1.82) is 0 Å². The Morgan fingerprint density at radius 1 is 1.30 bits per heavy atom. The van der Waals surface area contributed by atoms with Gasteiger partial charge in [-0.25, -0.2) is 18.6 Å². The summed E-state index contributed by atoms with van der Waals surface area (Å²) in [5.74, 6) is -1.32. The zero-order chi connectivity index (χ0) is 16.8. The first-order valence-electron chi connectivity index (χ1n) is 7.59. The van der Waals surface area contributed by atoms with Crippen molar-refractivity contribution in [2.45, 2.75) is 31.9 Å². The van der Waals surface area contributed by atoms with Crippen molar-refractivity contribution in [2.75, 3.05) is 13.1 Å². The molecular weight excluding hydrogens is 304 g/mol. The van der Waals surface area contributed by atoms with E-state index in [0.717, 1.165) is 6.07 Å². The number of carbonyl (C=O) groups is 1. The first kappa shape index (κ1) is 15.9. The van der Waals surface area contributed by atoms with Crippen LogP contribution >= 0.6 is 0 Å². The van der Waals surface area contributed by atoms with E-state index in [2.05, 4.69) is 5.10 Å². The lowest BCUT2D eigenvalue weighted by Gasteiger charge is -2.49. The number of halogens is 2. The minimum absolute atomic E-state index is 0.0433. The number of likely N-dealkylation sites (tertiary alicyclic amines) is 1. The normalized spacial score (nSPS) is 22.6. The summed E-state index contributed by atoms with van der Waals surface area (Å²) in [5, 5.41) is 15.5. The highest BCUT2D eigenvalue weighted by Gasteiger charge is 2.48. The van der Waals surface area contributed by atoms with Gasteiger partial charge in [0.1, 0.15) is 17.2 Å². The maximum Gasteiger partial charge on any atom is 0.341 e. The van der Waals surface area contributed by atoms with E-state index in [0.29, 0.717) is 12.0 Å². The van der Waals surface area contributed by atoms with E-state index in [-0.39, 0.29) is 25.0 Å². The van der Waals surface area contributed by atoms with Crippen LogP contribution in [0.15, 0.2) is 23.3 Å². The van der Waals surface area contributed by atoms with Gasteiger partial charge in [-0.15, -0.1) is 0 Å². The molecule has 0 bridgehead atoms. The van der Waals surface area contributed by atoms with Crippen LogP contribution in [0.25, 0.3) is 0 Å². The molecule has 5 nitrogen and oxygen atoms in total. The molecule has 3 rings (SSSR count). The van der Waals surface area contributed by atoms with Gasteiger partial charge in [0.2, 0.25) is 0 Å². The fraction of sp³-hybridized carbons (Fsp3) is 0.500. The third-order valence-corrected chi connectivity index (χ3v) is 4.57. The Morgan fingerprint density at radius 2 is 1.91 bits per heavy atom. The number of β-amino-alcohol motifs (C(OH)–C–C–N with tert-alkyl or cyclic N) is 1. The van der Waals surface area contributed by atoms with Crippen molar-refractivity contribution in [3.8, 4) is 0 Å². The molecule has 2 heterocycles. The van der Waals surface area contributed by atoms with Crippen molar-refractivity contribution in [2.24, 2.45) is 11.0 Å². The number of rotatable bonds is 2. The molecule has 1 aromatic carbocycles. The number of hydrogen-bond acceptors (Lipinski definition) is 3. The Bertz CT molecular complexity index is 636. The highest BCUT2D eigenvalue weighted by Crippen LogP contribution is 2.34. The van der Waals surface area contributed by atoms with Gasteiger partial charge in [0, 0.05) is 18.7 Å². The molecule has 1 unspecified atom stereocenters. The average Bonchev–Trinajstić information content (AvgIpc) is 2.91. The first-order valence-corrected chi connectivity index (χ1v) is 7.59. The second-order valence-corrected chi connectivity index (χ2v) is 6.49. The summed E-state index contributed by atoms with van der Waals surface area (Å²) in [6.45, 7) is 4.27. The van der Waals surface area contributed by atoms with Crippen LogP contribution in [0.2, 0.25) is 0 Å². The molecule has 1 fully saturated rings. The number of hydrazone groups is 1. The SMILES string of the molecule is CC(C)C1(O)CN(C(=O)N2N=CCC2c2cc(F)cc(F)c2)C1. The van der Waals surface area contributed by atoms with Crippen molar-refractivity contribution < 1.29 is 18.7 Å². The van der Waals surface area contributed by atoms with E-state index in [4.69, 9.17) is 0 Å². The molecule has 2 aliphatic heterocycles. The Balaban J connectivity index is 1.74. The van der Waals surface area contributed by atoms with Gasteiger partial charge in [0.15, 0.2) is 0 Å². The molecule has 0 aliphatic carbocycles. The zero-order valence-electron chi connectivity index (χ0n) is 13.0. The summed E-state index contributed by atoms with van der Waals surface area (Å²) in [6.07, 6.45) is 1.96. The molecule has 1 N–H and O–H groups in total. The van der Waals surface area contributed by atoms with Gasteiger partial charge in [-0.1, -0.05) is 13.8 Å². The van der Waals surface area contributed by atoms with Crippen molar-refractivity contribution in [3.05, 3.63) is 35.4 Å². The van der Waals surface area contributed by atoms with E-state index >= 15 is 0 Å². The third kappa shape index (κ3) is 2.81. The molecule has 124 valence electrons. The van der Waals surface area contributed by atoms with Crippen LogP contribution in [-0.4, -0.2) is 46.0 Å². The molecule has 0 spiro atoms. The predicted octanol–water partition coefficient (Wildman–Crippen LogP) is 2.52. The Kier molecular flexibility index (Phi) is 3.83. The van der Waals surface area contributed by atoms with E-state index < -0.39 is 23.3 Å². The monoisotopic (exact) mass is 323 g/mol. The predicted molar refractivity (Wildman–Crippen MR) is 80.8 cm³/mol. The third-order valence-electron chi connectivity index (χ3n) is 4.57. The number of benzene rings is 1. The fourth-order valence-electron chi connectivity index (χ4n) is 2.90. The van der Waals surface area contributed by atoms with Crippen molar-refractivity contribution >= 4 is 12.2 Å². The fourth-order valence-corrected chi connectivity index (χ4v) is 2.90. The highest BCUT2D eigenvalue weighted by molar-refractivity contribution is 5.79. The van der Waals surface area contributed by atoms with E-state index in [1.807, 2.05) is 13.8 Å². The molecule has 1 saturated heterocycles. The van der Waals surface area contributed by atoms with Crippen LogP contribution in [-0.2, 0) is 0 Å². The van der Waals surface area contributed by atoms with Crippen molar-refractivity contribution in [3.63, 3.8) is 0 Å². The molecular formula is C16H19F2N3O2. The summed E-state index contributed by atoms with van der Waals surface area (Å²) >= 11 is 0. The Labute approximate surface area is 133 Å². The zero-order valence-corrected chi connectivity index (χ0v) is 13.0. The summed E-state index contributed by atoms with van der Waals surface area (Å²) in [6, 6.07) is 2.33. The molecule has 1 atom stereocenters. The quantitative estimate of drug-likeness (QED) is 0.909. The summed E-state index contributed by atoms with van der Waals surface area (Å²) < 4.78 is 26.8. The number of amides is 2. The van der Waals surface area contributed by atoms with E-state index in [1.165, 1.54) is 22.0 Å². The number of urea groups is 1. The second-order valence-electron chi connectivity index (χ2n) is 6.49. The van der Waals surface area contributed by atoms with Gasteiger partial charge in [0.25, 0.3) is 0 Å². The maximum absolute atomic E-state index is 13.4. The number of aliphatic hydroxyl groups is 1. The van der Waals surface area contributed by atoms with Gasteiger partial charge in [0.05, 0.1) is 19.1 Å². The lowest BCUT2D eigenvalue weighted by Crippen LogP contribution is -2.67. The highest BCUT2D eigenvalue weighted by atomic mass is 19.1. The lowest BCUT2D eigenvalue weighted by atomic mass is 9.83. The number of nitrogens with zero attached hydrogens (tertiary/aromatic N) is 3. The molecule has 0 radical (unpaired) electrons. The molecule has 0 saturated carbocycles. The van der Waals surface area contributed by atoms with Crippen molar-refractivity contribution in [1.82, 2.24) is 9.91 Å². The van der Waals surface area contributed by atoms with Crippen LogP contribution in [0.1, 0.15) is 31.9 Å². The minimum Gasteiger partial charge on any atom is -0.386 e. The van der Waals surface area contributed by atoms with Crippen LogP contribution in [0, 0.1) is 17.6 Å². The van der Waals surface area contributed by atoms with Gasteiger partial charge in [-0.05, 0) is 23.6 Å². The summed E-state index contributed by atoms with van der Waals surface area (Å²) in [7, 11) is 0. The molecule has 1 aromatic rings. The second kappa shape index (κ2) is 5.56. The molecule has 7 heteroatoms. The smallest absolute Gasteiger partial charge is 0.341 e. The van der Waals surface area contributed by atoms with Crippen LogP contribution < -0.4 is 0 Å². The number of hydrogen-bond donors (Lipinski definition) is 1. The maximum atomic E-state index is 13.4. The molecule has 23 heavy (non-hydrogen) atoms. The number of carbonyl (C=O) groups excluding carboxylic acids is 1. The summed E-state index contributed by atoms with van der Waals surface area (Å²) in [5.41, 5.74) is -0.507. The van der Waals surface area contributed by atoms with Gasteiger partial charge in [-0.2, -0.15) is 5.10 Å². The van der Waals surface area contributed by atoms with Crippen LogP contribution in [0.5, 0.6) is 0 Å². The van der Waals surface area contributed by atoms with Crippen LogP contribution in [0.3, 0.4) is 0 Å². The Morgan fingerprint density at radius 3 is 2.48 bits per heavy atom. The van der Waals surface area contributed by atoms with Gasteiger partial charge in [-0.3, -0.25) is 0 Å². The largest absolute Gasteiger partial charge is 0.386 e. The standard InChI is InChI=1S/C16H19F2N3O2/c1-10(2)16(23)8-20(9-16)15(22)21-14(3-4-19-21)11-5-12(17)7-13(18)6-11/h4-7,10,14,23H,3,8-9H2,1-2H3. The van der Waals surface area contributed by atoms with Gasteiger partial charge < -0.3 is 10.0 Å². The Hall–Kier alpha value is -2.02. The molecule has 0 aromatic heterocycles. The average molecular weight is 323 g/mol. The van der Waals surface area contributed by atoms with Crippen LogP contribution in [0.4, 0.5) is 13.6 Å². The summed E-state index contributed by atoms with van der Waals surface area (Å²) in [4.78, 5) is 14.0. The molecule has 2 amide bonds.